The Balaban J connectivity index is 1.83. The fourth-order valence-electron chi connectivity index (χ4n) is 3.10. The van der Waals surface area contributed by atoms with Gasteiger partial charge in [0.25, 0.3) is 5.91 Å². The molecule has 0 spiro atoms. The largest absolute Gasteiger partial charge is 0.337 e. The highest BCUT2D eigenvalue weighted by molar-refractivity contribution is 5.92. The van der Waals surface area contributed by atoms with E-state index in [0.717, 1.165) is 42.9 Å². The molecule has 0 radical (unpaired) electrons. The maximum Gasteiger partial charge on any atom is 0.272 e. The standard InChI is InChI=1S/C20H26N4O/c1-13-7-9-24(10-8-13)19(25)18-12-16(4)21-20(23-18)22-17-11-14(2)5-6-15(17)3/h5-6,11-13H,7-10H2,1-4H3,(H,21,22,23). The monoisotopic (exact) mass is 338 g/mol. The molecule has 1 amide bonds. The van der Waals surface area contributed by atoms with Crippen molar-refractivity contribution in [2.24, 2.45) is 5.92 Å². The van der Waals surface area contributed by atoms with Gasteiger partial charge in [-0.1, -0.05) is 19.1 Å². The molecule has 5 heteroatoms. The van der Waals surface area contributed by atoms with Gasteiger partial charge in [-0.05, 0) is 62.8 Å². The van der Waals surface area contributed by atoms with Crippen LogP contribution in [0.2, 0.25) is 0 Å². The molecule has 0 saturated carbocycles. The summed E-state index contributed by atoms with van der Waals surface area (Å²) in [7, 11) is 0. The summed E-state index contributed by atoms with van der Waals surface area (Å²) >= 11 is 0. The first-order valence-corrected chi connectivity index (χ1v) is 8.91. The van der Waals surface area contributed by atoms with Crippen molar-refractivity contribution in [1.29, 1.82) is 0 Å². The average Bonchev–Trinajstić information content (AvgIpc) is 2.58. The van der Waals surface area contributed by atoms with Crippen molar-refractivity contribution >= 4 is 17.5 Å². The highest BCUT2D eigenvalue weighted by Crippen LogP contribution is 2.21. The molecule has 2 heterocycles. The summed E-state index contributed by atoms with van der Waals surface area (Å²) in [6.45, 7) is 9.84. The van der Waals surface area contributed by atoms with Crippen LogP contribution in [0.4, 0.5) is 11.6 Å². The highest BCUT2D eigenvalue weighted by atomic mass is 16.2. The second-order valence-electron chi connectivity index (χ2n) is 7.14. The van der Waals surface area contributed by atoms with Gasteiger partial charge < -0.3 is 10.2 Å². The molecule has 1 fully saturated rings. The molecular formula is C20H26N4O. The summed E-state index contributed by atoms with van der Waals surface area (Å²) < 4.78 is 0. The van der Waals surface area contributed by atoms with Gasteiger partial charge >= 0.3 is 0 Å². The lowest BCUT2D eigenvalue weighted by Gasteiger charge is -2.30. The van der Waals surface area contributed by atoms with Gasteiger partial charge in [-0.15, -0.1) is 0 Å². The number of aryl methyl sites for hydroxylation is 3. The average molecular weight is 338 g/mol. The number of hydrogen-bond acceptors (Lipinski definition) is 4. The third kappa shape index (κ3) is 4.16. The van der Waals surface area contributed by atoms with Crippen LogP contribution >= 0.6 is 0 Å². The molecule has 0 atom stereocenters. The van der Waals surface area contributed by atoms with Crippen LogP contribution in [0, 0.1) is 26.7 Å². The Morgan fingerprint density at radius 1 is 1.12 bits per heavy atom. The van der Waals surface area contributed by atoms with Crippen molar-refractivity contribution in [3.63, 3.8) is 0 Å². The smallest absolute Gasteiger partial charge is 0.272 e. The zero-order valence-electron chi connectivity index (χ0n) is 15.5. The molecule has 3 rings (SSSR count). The summed E-state index contributed by atoms with van der Waals surface area (Å²) in [5.41, 5.74) is 4.51. The SMILES string of the molecule is Cc1ccc(C)c(Nc2nc(C)cc(C(=O)N3CCC(C)CC3)n2)c1. The third-order valence-electron chi connectivity index (χ3n) is 4.78. The first-order valence-electron chi connectivity index (χ1n) is 8.91. The number of nitrogens with one attached hydrogen (secondary N) is 1. The minimum absolute atomic E-state index is 0.00131. The van der Waals surface area contributed by atoms with Gasteiger partial charge in [-0.25, -0.2) is 9.97 Å². The lowest BCUT2D eigenvalue weighted by molar-refractivity contribution is 0.0691. The molecule has 5 nitrogen and oxygen atoms in total. The van der Waals surface area contributed by atoms with Crippen molar-refractivity contribution in [3.05, 3.63) is 46.8 Å². The summed E-state index contributed by atoms with van der Waals surface area (Å²) in [5.74, 6) is 1.17. The number of carbonyl (C=O) groups is 1. The summed E-state index contributed by atoms with van der Waals surface area (Å²) in [6, 6.07) is 7.97. The molecular weight excluding hydrogens is 312 g/mol. The number of aromatic nitrogens is 2. The molecule has 0 aliphatic carbocycles. The predicted molar refractivity (Wildman–Crippen MR) is 100 cm³/mol. The van der Waals surface area contributed by atoms with Gasteiger partial charge in [0.2, 0.25) is 5.95 Å². The van der Waals surface area contributed by atoms with Crippen LogP contribution in [0.15, 0.2) is 24.3 Å². The number of rotatable bonds is 3. The van der Waals surface area contributed by atoms with Crippen LogP contribution in [-0.2, 0) is 0 Å². The van der Waals surface area contributed by atoms with Crippen molar-refractivity contribution in [1.82, 2.24) is 14.9 Å². The number of benzene rings is 1. The lowest BCUT2D eigenvalue weighted by atomic mass is 9.99. The lowest BCUT2D eigenvalue weighted by Crippen LogP contribution is -2.38. The number of anilines is 2. The van der Waals surface area contributed by atoms with Crippen LogP contribution in [0.5, 0.6) is 0 Å². The Bertz CT molecular complexity index is 779. The van der Waals surface area contributed by atoms with Crippen molar-refractivity contribution in [2.75, 3.05) is 18.4 Å². The Kier molecular flexibility index (Phi) is 5.02. The van der Waals surface area contributed by atoms with E-state index in [1.165, 1.54) is 5.56 Å². The number of carbonyl (C=O) groups excluding carboxylic acids is 1. The highest BCUT2D eigenvalue weighted by Gasteiger charge is 2.23. The Morgan fingerprint density at radius 3 is 2.56 bits per heavy atom. The minimum Gasteiger partial charge on any atom is -0.337 e. The fraction of sp³-hybridized carbons (Fsp3) is 0.450. The van der Waals surface area contributed by atoms with Gasteiger partial charge in [-0.3, -0.25) is 4.79 Å². The molecule has 1 saturated heterocycles. The Morgan fingerprint density at radius 2 is 1.84 bits per heavy atom. The summed E-state index contributed by atoms with van der Waals surface area (Å²) in [5, 5.41) is 3.27. The fourth-order valence-corrected chi connectivity index (χ4v) is 3.10. The zero-order chi connectivity index (χ0) is 18.0. The van der Waals surface area contributed by atoms with E-state index in [-0.39, 0.29) is 5.91 Å². The van der Waals surface area contributed by atoms with Gasteiger partial charge in [0.15, 0.2) is 0 Å². The molecule has 1 aliphatic heterocycles. The van der Waals surface area contributed by atoms with E-state index >= 15 is 0 Å². The van der Waals surface area contributed by atoms with E-state index in [9.17, 15) is 4.79 Å². The van der Waals surface area contributed by atoms with E-state index in [1.54, 1.807) is 6.07 Å². The summed E-state index contributed by atoms with van der Waals surface area (Å²) in [4.78, 5) is 23.6. The van der Waals surface area contributed by atoms with Gasteiger partial charge in [-0.2, -0.15) is 0 Å². The number of likely N-dealkylation sites (tertiary alicyclic amines) is 1. The van der Waals surface area contributed by atoms with E-state index in [0.29, 0.717) is 17.6 Å². The van der Waals surface area contributed by atoms with Crippen LogP contribution in [-0.4, -0.2) is 33.9 Å². The predicted octanol–water partition coefficient (Wildman–Crippen LogP) is 4.02. The number of hydrogen-bond donors (Lipinski definition) is 1. The van der Waals surface area contributed by atoms with E-state index in [1.807, 2.05) is 25.7 Å². The van der Waals surface area contributed by atoms with Crippen LogP contribution in [0.3, 0.4) is 0 Å². The maximum atomic E-state index is 12.8. The molecule has 0 bridgehead atoms. The maximum absolute atomic E-state index is 12.8. The van der Waals surface area contributed by atoms with Crippen LogP contribution in [0.1, 0.15) is 47.1 Å². The van der Waals surface area contributed by atoms with Crippen LogP contribution < -0.4 is 5.32 Å². The molecule has 2 aromatic rings. The molecule has 1 aliphatic rings. The summed E-state index contributed by atoms with van der Waals surface area (Å²) in [6.07, 6.45) is 2.12. The van der Waals surface area contributed by atoms with Gasteiger partial charge in [0, 0.05) is 24.5 Å². The molecule has 0 unspecified atom stereocenters. The van der Waals surface area contributed by atoms with Crippen LogP contribution in [0.25, 0.3) is 0 Å². The number of amides is 1. The van der Waals surface area contributed by atoms with E-state index in [4.69, 9.17) is 0 Å². The first kappa shape index (κ1) is 17.4. The molecule has 132 valence electrons. The van der Waals surface area contributed by atoms with Gasteiger partial charge in [0.05, 0.1) is 0 Å². The third-order valence-corrected chi connectivity index (χ3v) is 4.78. The van der Waals surface area contributed by atoms with Crippen molar-refractivity contribution in [3.8, 4) is 0 Å². The van der Waals surface area contributed by atoms with E-state index in [2.05, 4.69) is 40.4 Å². The topological polar surface area (TPSA) is 58.1 Å². The molecule has 1 aromatic heterocycles. The van der Waals surface area contributed by atoms with Crippen molar-refractivity contribution in [2.45, 2.75) is 40.5 Å². The zero-order valence-corrected chi connectivity index (χ0v) is 15.5. The number of piperidine rings is 1. The molecule has 1 aromatic carbocycles. The van der Waals surface area contributed by atoms with Crippen molar-refractivity contribution < 1.29 is 4.79 Å². The Labute approximate surface area is 149 Å². The number of nitrogens with zero attached hydrogens (tertiary/aromatic N) is 3. The van der Waals surface area contributed by atoms with E-state index < -0.39 is 0 Å². The second-order valence-corrected chi connectivity index (χ2v) is 7.14. The van der Waals surface area contributed by atoms with Gasteiger partial charge in [0.1, 0.15) is 5.69 Å². The first-order chi connectivity index (χ1) is 11.9. The molecule has 25 heavy (non-hydrogen) atoms. The Hall–Kier alpha value is -2.43. The quantitative estimate of drug-likeness (QED) is 0.918. The normalized spacial score (nSPS) is 15.3. The minimum atomic E-state index is 0.00131. The molecule has 1 N–H and O–H groups in total. The second kappa shape index (κ2) is 7.21.